The van der Waals surface area contributed by atoms with Crippen molar-refractivity contribution >= 4 is 0 Å². The molecule has 3 aromatic rings. The van der Waals surface area contributed by atoms with Crippen LogP contribution in [0.4, 0.5) is 13.2 Å². The Balaban J connectivity index is 1.38. The molecule has 0 radical (unpaired) electrons. The van der Waals surface area contributed by atoms with Gasteiger partial charge >= 0.3 is 6.18 Å². The summed E-state index contributed by atoms with van der Waals surface area (Å²) in [7, 11) is 0. The van der Waals surface area contributed by atoms with Crippen molar-refractivity contribution in [3.8, 4) is 11.5 Å². The zero-order valence-electron chi connectivity index (χ0n) is 15.3. The van der Waals surface area contributed by atoms with Gasteiger partial charge in [-0.1, -0.05) is 23.4 Å². The van der Waals surface area contributed by atoms with Gasteiger partial charge in [0.1, 0.15) is 0 Å². The Morgan fingerprint density at radius 2 is 1.82 bits per heavy atom. The summed E-state index contributed by atoms with van der Waals surface area (Å²) in [5.74, 6) is 1.09. The van der Waals surface area contributed by atoms with Crippen LogP contribution in [0.25, 0.3) is 11.5 Å². The molecule has 0 saturated carbocycles. The maximum absolute atomic E-state index is 12.7. The number of aromatic nitrogens is 4. The van der Waals surface area contributed by atoms with Crippen LogP contribution in [0.5, 0.6) is 0 Å². The van der Waals surface area contributed by atoms with Crippen LogP contribution in [0.3, 0.4) is 0 Å². The van der Waals surface area contributed by atoms with Crippen LogP contribution in [-0.4, -0.2) is 37.9 Å². The number of hydrogen-bond acceptors (Lipinski definition) is 5. The van der Waals surface area contributed by atoms with Crippen LogP contribution in [0.1, 0.15) is 43.4 Å². The normalized spacial score (nSPS) is 17.7. The van der Waals surface area contributed by atoms with Gasteiger partial charge < -0.3 is 4.52 Å². The molecule has 1 aliphatic heterocycles. The van der Waals surface area contributed by atoms with E-state index in [2.05, 4.69) is 20.1 Å². The molecule has 9 heteroatoms. The average molecular weight is 391 g/mol. The van der Waals surface area contributed by atoms with E-state index in [4.69, 9.17) is 4.52 Å². The molecular formula is C19H20F3N5O. The molecule has 0 N–H and O–H groups in total. The number of likely N-dealkylation sites (tertiary alicyclic amines) is 1. The molecule has 0 amide bonds. The van der Waals surface area contributed by atoms with E-state index in [-0.39, 0.29) is 12.1 Å². The fourth-order valence-corrected chi connectivity index (χ4v) is 3.50. The number of halogens is 3. The largest absolute Gasteiger partial charge is 0.435 e. The van der Waals surface area contributed by atoms with Crippen molar-refractivity contribution in [1.29, 1.82) is 0 Å². The monoisotopic (exact) mass is 391 g/mol. The van der Waals surface area contributed by atoms with Crippen LogP contribution in [-0.2, 0) is 6.18 Å². The lowest BCUT2D eigenvalue weighted by Crippen LogP contribution is -2.37. The number of nitrogens with zero attached hydrogens (tertiary/aromatic N) is 5. The Morgan fingerprint density at radius 3 is 2.46 bits per heavy atom. The minimum atomic E-state index is -4.41. The minimum Gasteiger partial charge on any atom is -0.334 e. The van der Waals surface area contributed by atoms with Crippen molar-refractivity contribution in [3.63, 3.8) is 0 Å². The van der Waals surface area contributed by atoms with E-state index in [0.717, 1.165) is 24.7 Å². The molecule has 1 atom stereocenters. The fourth-order valence-electron chi connectivity index (χ4n) is 3.50. The predicted molar refractivity (Wildman–Crippen MR) is 95.2 cm³/mol. The van der Waals surface area contributed by atoms with Gasteiger partial charge in [-0.05, 0) is 38.0 Å². The summed E-state index contributed by atoms with van der Waals surface area (Å²) in [6.45, 7) is 3.46. The Bertz CT molecular complexity index is 913. The summed E-state index contributed by atoms with van der Waals surface area (Å²) in [6, 6.07) is 10.5. The first kappa shape index (κ1) is 18.7. The second kappa shape index (κ2) is 7.38. The molecule has 1 saturated heterocycles. The summed E-state index contributed by atoms with van der Waals surface area (Å²) < 4.78 is 45.0. The highest BCUT2D eigenvalue weighted by molar-refractivity contribution is 5.52. The van der Waals surface area contributed by atoms with Crippen molar-refractivity contribution in [3.05, 3.63) is 54.1 Å². The molecule has 1 fully saturated rings. The molecule has 1 aromatic carbocycles. The van der Waals surface area contributed by atoms with Crippen LogP contribution in [0.2, 0.25) is 0 Å². The van der Waals surface area contributed by atoms with Gasteiger partial charge in [-0.3, -0.25) is 9.58 Å². The first-order valence-corrected chi connectivity index (χ1v) is 9.17. The van der Waals surface area contributed by atoms with Crippen molar-refractivity contribution in [2.24, 2.45) is 0 Å². The Morgan fingerprint density at radius 1 is 1.11 bits per heavy atom. The Labute approximate surface area is 160 Å². The molecule has 1 unspecified atom stereocenters. The first-order valence-electron chi connectivity index (χ1n) is 9.17. The number of rotatable bonds is 4. The van der Waals surface area contributed by atoms with E-state index in [0.29, 0.717) is 24.6 Å². The van der Waals surface area contributed by atoms with E-state index in [1.807, 2.05) is 37.3 Å². The number of benzene rings is 1. The minimum absolute atomic E-state index is 0.0366. The van der Waals surface area contributed by atoms with Crippen molar-refractivity contribution in [2.45, 2.75) is 38.0 Å². The Kier molecular flexibility index (Phi) is 4.92. The van der Waals surface area contributed by atoms with Crippen LogP contribution in [0.15, 0.2) is 47.1 Å². The molecule has 148 valence electrons. The third-order valence-electron chi connectivity index (χ3n) is 5.16. The van der Waals surface area contributed by atoms with Crippen LogP contribution >= 0.6 is 0 Å². The van der Waals surface area contributed by atoms with Gasteiger partial charge in [0.15, 0.2) is 11.5 Å². The highest BCUT2D eigenvalue weighted by Crippen LogP contribution is 2.31. The third-order valence-corrected chi connectivity index (χ3v) is 5.16. The summed E-state index contributed by atoms with van der Waals surface area (Å²) in [6.07, 6.45) is -1.56. The highest BCUT2D eigenvalue weighted by atomic mass is 19.4. The first-order chi connectivity index (χ1) is 13.4. The van der Waals surface area contributed by atoms with E-state index >= 15 is 0 Å². The third kappa shape index (κ3) is 3.80. The molecule has 4 rings (SSSR count). The summed E-state index contributed by atoms with van der Waals surface area (Å²) in [5, 5.41) is 7.81. The molecule has 2 aromatic heterocycles. The lowest BCUT2D eigenvalue weighted by molar-refractivity contribution is -0.141. The van der Waals surface area contributed by atoms with Gasteiger partial charge in [-0.15, -0.1) is 0 Å². The SMILES string of the molecule is CC(c1noc(-c2ccccc2)n1)N1CCC(n2ccc(C(F)(F)F)n2)CC1. The van der Waals surface area contributed by atoms with Gasteiger partial charge in [0.2, 0.25) is 0 Å². The average Bonchev–Trinajstić information content (AvgIpc) is 3.38. The lowest BCUT2D eigenvalue weighted by atomic mass is 10.0. The van der Waals surface area contributed by atoms with E-state index in [1.54, 1.807) is 0 Å². The second-order valence-corrected chi connectivity index (χ2v) is 6.95. The smallest absolute Gasteiger partial charge is 0.334 e. The van der Waals surface area contributed by atoms with Gasteiger partial charge in [-0.2, -0.15) is 23.3 Å². The standard InChI is InChI=1S/C19H20F3N5O/c1-13(17-23-18(28-25-17)14-5-3-2-4-6-14)26-10-7-15(8-11-26)27-12-9-16(24-27)19(20,21)22/h2-6,9,12-13,15H,7-8,10-11H2,1H3. The molecule has 28 heavy (non-hydrogen) atoms. The summed E-state index contributed by atoms with van der Waals surface area (Å²) in [4.78, 5) is 6.71. The second-order valence-electron chi connectivity index (χ2n) is 6.95. The lowest BCUT2D eigenvalue weighted by Gasteiger charge is -2.34. The van der Waals surface area contributed by atoms with Crippen molar-refractivity contribution < 1.29 is 17.7 Å². The zero-order chi connectivity index (χ0) is 19.7. The summed E-state index contributed by atoms with van der Waals surface area (Å²) in [5.41, 5.74) is 0.0230. The topological polar surface area (TPSA) is 60.0 Å². The molecule has 0 spiro atoms. The van der Waals surface area contributed by atoms with Gasteiger partial charge in [0.25, 0.3) is 5.89 Å². The van der Waals surface area contributed by atoms with E-state index < -0.39 is 11.9 Å². The fraction of sp³-hybridized carbons (Fsp3) is 0.421. The molecule has 0 aliphatic carbocycles. The van der Waals surface area contributed by atoms with E-state index in [9.17, 15) is 13.2 Å². The maximum Gasteiger partial charge on any atom is 0.435 e. The van der Waals surface area contributed by atoms with Gasteiger partial charge in [0, 0.05) is 24.8 Å². The number of hydrogen-bond donors (Lipinski definition) is 0. The zero-order valence-corrected chi connectivity index (χ0v) is 15.3. The van der Waals surface area contributed by atoms with Crippen molar-refractivity contribution in [1.82, 2.24) is 24.8 Å². The van der Waals surface area contributed by atoms with Crippen LogP contribution in [0, 0.1) is 0 Å². The van der Waals surface area contributed by atoms with Gasteiger partial charge in [-0.25, -0.2) is 0 Å². The molecule has 1 aliphatic rings. The Hall–Kier alpha value is -2.68. The highest BCUT2D eigenvalue weighted by Gasteiger charge is 2.35. The number of alkyl halides is 3. The predicted octanol–water partition coefficient (Wildman–Crippen LogP) is 4.35. The molecular weight excluding hydrogens is 371 g/mol. The van der Waals surface area contributed by atoms with Crippen molar-refractivity contribution in [2.75, 3.05) is 13.1 Å². The molecule has 0 bridgehead atoms. The maximum atomic E-state index is 12.7. The molecule has 6 nitrogen and oxygen atoms in total. The van der Waals surface area contributed by atoms with Gasteiger partial charge in [0.05, 0.1) is 12.1 Å². The van der Waals surface area contributed by atoms with Crippen LogP contribution < -0.4 is 0 Å². The quantitative estimate of drug-likeness (QED) is 0.662. The van der Waals surface area contributed by atoms with E-state index in [1.165, 1.54) is 10.9 Å². The summed E-state index contributed by atoms with van der Waals surface area (Å²) >= 11 is 0. The molecule has 3 heterocycles. The number of piperidine rings is 1.